The number of esters is 1. The van der Waals surface area contributed by atoms with Crippen LogP contribution in [0.3, 0.4) is 0 Å². The second-order valence-corrected chi connectivity index (χ2v) is 7.78. The first kappa shape index (κ1) is 21.7. The number of aromatic nitrogens is 2. The van der Waals surface area contributed by atoms with Gasteiger partial charge in [-0.15, -0.1) is 11.3 Å². The van der Waals surface area contributed by atoms with E-state index in [1.807, 2.05) is 18.2 Å². The first-order valence-electron chi connectivity index (χ1n) is 9.12. The number of carbonyl (C=O) groups is 2. The van der Waals surface area contributed by atoms with Crippen molar-refractivity contribution in [3.05, 3.63) is 64.3 Å². The number of aryl methyl sites for hydroxylation is 1. The third kappa shape index (κ3) is 5.77. The molecule has 3 rings (SSSR count). The molecule has 9 heteroatoms. The van der Waals surface area contributed by atoms with Crippen LogP contribution in [0.25, 0.3) is 10.7 Å². The maximum atomic E-state index is 12.4. The Balaban J connectivity index is 1.47. The van der Waals surface area contributed by atoms with Gasteiger partial charge in [0.2, 0.25) is 0 Å². The first-order chi connectivity index (χ1) is 14.4. The Morgan fingerprint density at radius 2 is 1.93 bits per heavy atom. The van der Waals surface area contributed by atoms with Crippen molar-refractivity contribution in [1.82, 2.24) is 14.9 Å². The zero-order valence-corrected chi connectivity index (χ0v) is 18.1. The van der Waals surface area contributed by atoms with E-state index >= 15 is 0 Å². The van der Waals surface area contributed by atoms with Crippen LogP contribution >= 0.6 is 22.9 Å². The van der Waals surface area contributed by atoms with Gasteiger partial charge in [-0.3, -0.25) is 9.78 Å². The summed E-state index contributed by atoms with van der Waals surface area (Å²) in [4.78, 5) is 35.0. The number of hydrogen-bond acceptors (Lipinski definition) is 7. The molecule has 2 aromatic heterocycles. The summed E-state index contributed by atoms with van der Waals surface area (Å²) in [5, 5.41) is 1.25. The minimum atomic E-state index is -0.577. The molecule has 0 radical (unpaired) electrons. The number of pyridine rings is 1. The third-order valence-electron chi connectivity index (χ3n) is 4.13. The molecule has 156 valence electrons. The van der Waals surface area contributed by atoms with E-state index in [1.54, 1.807) is 44.4 Å². The van der Waals surface area contributed by atoms with Gasteiger partial charge < -0.3 is 14.4 Å². The van der Waals surface area contributed by atoms with E-state index in [0.29, 0.717) is 45.2 Å². The highest BCUT2D eigenvalue weighted by Crippen LogP contribution is 2.26. The number of nitrogens with zero attached hydrogens (tertiary/aromatic N) is 3. The van der Waals surface area contributed by atoms with E-state index in [4.69, 9.17) is 21.1 Å². The molecule has 0 fully saturated rings. The number of halogens is 1. The number of ether oxygens (including phenoxy) is 2. The fourth-order valence-electron chi connectivity index (χ4n) is 2.44. The van der Waals surface area contributed by atoms with Crippen LogP contribution < -0.4 is 4.74 Å². The van der Waals surface area contributed by atoms with Gasteiger partial charge in [-0.1, -0.05) is 17.7 Å². The average molecular weight is 446 g/mol. The van der Waals surface area contributed by atoms with Gasteiger partial charge in [-0.2, -0.15) is 0 Å². The highest BCUT2D eigenvalue weighted by Gasteiger charge is 2.20. The molecular formula is C21H20ClN3O4S. The Bertz CT molecular complexity index is 1010. The van der Waals surface area contributed by atoms with Crippen molar-refractivity contribution in [2.45, 2.75) is 6.92 Å². The molecule has 0 aliphatic carbocycles. The fourth-order valence-corrected chi connectivity index (χ4v) is 3.51. The standard InChI is InChI=1S/C21H20ClN3O4S/c1-14-19(30-20(24-14)17-5-3-4-10-23-17)21(27)29-13-18(26)25(2)11-12-28-16-8-6-15(22)7-9-16/h3-10H,11-13H2,1-2H3. The van der Waals surface area contributed by atoms with E-state index in [9.17, 15) is 9.59 Å². The molecule has 0 unspecified atom stereocenters. The van der Waals surface area contributed by atoms with Crippen molar-refractivity contribution in [2.75, 3.05) is 26.8 Å². The fraction of sp³-hybridized carbons (Fsp3) is 0.238. The van der Waals surface area contributed by atoms with Crippen molar-refractivity contribution in [1.29, 1.82) is 0 Å². The van der Waals surface area contributed by atoms with Crippen LogP contribution in [0.4, 0.5) is 0 Å². The third-order valence-corrected chi connectivity index (χ3v) is 5.54. The zero-order chi connectivity index (χ0) is 21.5. The summed E-state index contributed by atoms with van der Waals surface area (Å²) in [6.45, 7) is 2.02. The predicted molar refractivity (Wildman–Crippen MR) is 115 cm³/mol. The smallest absolute Gasteiger partial charge is 0.350 e. The van der Waals surface area contributed by atoms with Gasteiger partial charge in [0, 0.05) is 18.3 Å². The Morgan fingerprint density at radius 1 is 1.17 bits per heavy atom. The summed E-state index contributed by atoms with van der Waals surface area (Å²) < 4.78 is 10.7. The number of hydrogen-bond donors (Lipinski definition) is 0. The number of carbonyl (C=O) groups excluding carboxylic acids is 2. The average Bonchev–Trinajstić information content (AvgIpc) is 3.15. The van der Waals surface area contributed by atoms with Gasteiger partial charge >= 0.3 is 5.97 Å². The summed E-state index contributed by atoms with van der Waals surface area (Å²) in [6.07, 6.45) is 1.66. The number of amides is 1. The molecular weight excluding hydrogens is 426 g/mol. The Hall–Kier alpha value is -2.97. The Labute approximate surface area is 183 Å². The van der Waals surface area contributed by atoms with Gasteiger partial charge in [0.25, 0.3) is 5.91 Å². The molecule has 0 atom stereocenters. The van der Waals surface area contributed by atoms with Crippen LogP contribution in [-0.4, -0.2) is 53.6 Å². The molecule has 0 N–H and O–H groups in total. The van der Waals surface area contributed by atoms with Gasteiger partial charge in [0.1, 0.15) is 22.2 Å². The lowest BCUT2D eigenvalue weighted by molar-refractivity contribution is -0.133. The van der Waals surface area contributed by atoms with Crippen LogP contribution in [-0.2, 0) is 9.53 Å². The molecule has 3 aromatic rings. The van der Waals surface area contributed by atoms with Gasteiger partial charge in [-0.05, 0) is 43.3 Å². The second-order valence-electron chi connectivity index (χ2n) is 6.34. The summed E-state index contributed by atoms with van der Waals surface area (Å²) in [6, 6.07) is 12.4. The van der Waals surface area contributed by atoms with Crippen molar-refractivity contribution >= 4 is 34.8 Å². The summed E-state index contributed by atoms with van der Waals surface area (Å²) in [7, 11) is 1.62. The molecule has 2 heterocycles. The van der Waals surface area contributed by atoms with E-state index in [0.717, 1.165) is 0 Å². The van der Waals surface area contributed by atoms with Crippen molar-refractivity contribution in [3.63, 3.8) is 0 Å². The van der Waals surface area contributed by atoms with Crippen molar-refractivity contribution in [2.24, 2.45) is 0 Å². The molecule has 1 aromatic carbocycles. The molecule has 0 aliphatic heterocycles. The molecule has 0 spiro atoms. The predicted octanol–water partition coefficient (Wildman–Crippen LogP) is 3.86. The monoisotopic (exact) mass is 445 g/mol. The van der Waals surface area contributed by atoms with Crippen molar-refractivity contribution < 1.29 is 19.1 Å². The SMILES string of the molecule is Cc1nc(-c2ccccn2)sc1C(=O)OCC(=O)N(C)CCOc1ccc(Cl)cc1. The minimum absolute atomic E-state index is 0.305. The van der Waals surface area contributed by atoms with Gasteiger partial charge in [-0.25, -0.2) is 9.78 Å². The van der Waals surface area contributed by atoms with Crippen LogP contribution in [0.15, 0.2) is 48.7 Å². The largest absolute Gasteiger partial charge is 0.492 e. The molecule has 7 nitrogen and oxygen atoms in total. The highest BCUT2D eigenvalue weighted by atomic mass is 35.5. The number of benzene rings is 1. The van der Waals surface area contributed by atoms with E-state index in [1.165, 1.54) is 16.2 Å². The Kier molecular flexibility index (Phi) is 7.37. The van der Waals surface area contributed by atoms with E-state index in [-0.39, 0.29) is 12.5 Å². The summed E-state index contributed by atoms with van der Waals surface area (Å²) >= 11 is 7.02. The van der Waals surface area contributed by atoms with Crippen LogP contribution in [0.5, 0.6) is 5.75 Å². The number of likely N-dealkylation sites (N-methyl/N-ethyl adjacent to an activating group) is 1. The van der Waals surface area contributed by atoms with Crippen LogP contribution in [0, 0.1) is 6.92 Å². The molecule has 0 aliphatic rings. The molecule has 30 heavy (non-hydrogen) atoms. The highest BCUT2D eigenvalue weighted by molar-refractivity contribution is 7.17. The molecule has 1 amide bonds. The topological polar surface area (TPSA) is 81.6 Å². The van der Waals surface area contributed by atoms with Crippen LogP contribution in [0.1, 0.15) is 15.4 Å². The van der Waals surface area contributed by atoms with E-state index in [2.05, 4.69) is 9.97 Å². The maximum Gasteiger partial charge on any atom is 0.350 e. The summed E-state index contributed by atoms with van der Waals surface area (Å²) in [5.74, 6) is -0.238. The lowest BCUT2D eigenvalue weighted by Gasteiger charge is -2.17. The van der Waals surface area contributed by atoms with Gasteiger partial charge in [0.15, 0.2) is 6.61 Å². The summed E-state index contributed by atoms with van der Waals surface area (Å²) in [5.41, 5.74) is 1.23. The van der Waals surface area contributed by atoms with Crippen LogP contribution in [0.2, 0.25) is 5.02 Å². The first-order valence-corrected chi connectivity index (χ1v) is 10.3. The zero-order valence-electron chi connectivity index (χ0n) is 16.5. The maximum absolute atomic E-state index is 12.4. The number of thiazole rings is 1. The quantitative estimate of drug-likeness (QED) is 0.490. The normalized spacial score (nSPS) is 10.5. The molecule has 0 saturated carbocycles. The molecule has 0 bridgehead atoms. The second kappa shape index (κ2) is 10.2. The Morgan fingerprint density at radius 3 is 2.63 bits per heavy atom. The van der Waals surface area contributed by atoms with E-state index < -0.39 is 5.97 Å². The number of rotatable bonds is 8. The lowest BCUT2D eigenvalue weighted by Crippen LogP contribution is -2.34. The lowest BCUT2D eigenvalue weighted by atomic mass is 10.3. The minimum Gasteiger partial charge on any atom is -0.492 e. The van der Waals surface area contributed by atoms with Gasteiger partial charge in [0.05, 0.1) is 17.9 Å². The molecule has 0 saturated heterocycles. The van der Waals surface area contributed by atoms with Crippen molar-refractivity contribution in [3.8, 4) is 16.5 Å².